The zero-order valence-corrected chi connectivity index (χ0v) is 32.1. The number of hydrogen-bond acceptors (Lipinski definition) is 3. The summed E-state index contributed by atoms with van der Waals surface area (Å²) in [5.41, 5.74) is 12.0. The molecule has 1 aliphatic rings. The second-order valence-electron chi connectivity index (χ2n) is 15.4. The van der Waals surface area contributed by atoms with Crippen molar-refractivity contribution in [3.63, 3.8) is 0 Å². The first-order valence-electron chi connectivity index (χ1n) is 19.3. The largest absolute Gasteiger partial charge is 0.310 e. The maximum absolute atomic E-state index is 2.41. The Labute approximate surface area is 331 Å². The Hall–Kier alpha value is -6.68. The lowest BCUT2D eigenvalue weighted by Crippen LogP contribution is -2.17. The summed E-state index contributed by atoms with van der Waals surface area (Å²) >= 11 is 1.90. The predicted octanol–water partition coefficient (Wildman–Crippen LogP) is 15.6. The van der Waals surface area contributed by atoms with Gasteiger partial charge in [0.25, 0.3) is 0 Å². The van der Waals surface area contributed by atoms with Gasteiger partial charge in [-0.05, 0) is 111 Å². The van der Waals surface area contributed by atoms with Crippen LogP contribution in [0.25, 0.3) is 52.8 Å². The zero-order chi connectivity index (χ0) is 37.4. The molecule has 0 radical (unpaired) electrons. The molecule has 3 heteroatoms. The van der Waals surface area contributed by atoms with E-state index < -0.39 is 0 Å². The lowest BCUT2D eigenvalue weighted by atomic mass is 9.82. The van der Waals surface area contributed by atoms with Gasteiger partial charge in [0, 0.05) is 65.1 Å². The third kappa shape index (κ3) is 5.08. The van der Waals surface area contributed by atoms with Crippen LogP contribution in [0.1, 0.15) is 25.0 Å². The highest BCUT2D eigenvalue weighted by atomic mass is 32.1. The third-order valence-electron chi connectivity index (χ3n) is 11.8. The topological polar surface area (TPSA) is 6.48 Å². The summed E-state index contributed by atoms with van der Waals surface area (Å²) in [5, 5.41) is 7.74. The van der Waals surface area contributed by atoms with Crippen LogP contribution in [0.4, 0.5) is 34.1 Å². The van der Waals surface area contributed by atoms with Crippen molar-refractivity contribution in [3.8, 4) is 11.1 Å². The second kappa shape index (κ2) is 12.7. The molecule has 11 rings (SSSR count). The van der Waals surface area contributed by atoms with Crippen molar-refractivity contribution in [1.82, 2.24) is 0 Å². The summed E-state index contributed by atoms with van der Waals surface area (Å²) in [6, 6.07) is 71.3. The van der Waals surface area contributed by atoms with Gasteiger partial charge in [0.1, 0.15) is 0 Å². The van der Waals surface area contributed by atoms with E-state index in [1.54, 1.807) is 0 Å². The van der Waals surface area contributed by atoms with E-state index in [0.29, 0.717) is 0 Å². The number of benzene rings is 9. The smallest absolute Gasteiger partial charge is 0.0482 e. The minimum atomic E-state index is -0.0993. The average Bonchev–Trinajstić information content (AvgIpc) is 3.74. The normalized spacial score (nSPS) is 13.0. The highest BCUT2D eigenvalue weighted by Gasteiger charge is 2.35. The third-order valence-corrected chi connectivity index (χ3v) is 13.0. The van der Waals surface area contributed by atoms with Gasteiger partial charge in [-0.1, -0.05) is 135 Å². The fraction of sp³-hybridized carbons (Fsp3) is 0.0566. The SMILES string of the molecule is CC1(C)c2ccccc2-c2ccc(N(c3ccccc3)c3cccc(N(c4ccccc4)c4ccc5ccc6ccc7c8ccccc8sc7c6c5c4)c3)cc21. The van der Waals surface area contributed by atoms with Crippen molar-refractivity contribution >= 4 is 87.2 Å². The summed E-state index contributed by atoms with van der Waals surface area (Å²) in [5.74, 6) is 0. The molecule has 0 unspecified atom stereocenters. The Kier molecular flexibility index (Phi) is 7.42. The van der Waals surface area contributed by atoms with Gasteiger partial charge in [0.05, 0.1) is 0 Å². The number of para-hydroxylation sites is 2. The first-order chi connectivity index (χ1) is 27.5. The summed E-state index contributed by atoms with van der Waals surface area (Å²) in [7, 11) is 0. The van der Waals surface area contributed by atoms with Crippen LogP contribution >= 0.6 is 11.3 Å². The van der Waals surface area contributed by atoms with E-state index >= 15 is 0 Å². The molecule has 0 atom stereocenters. The molecule has 9 aromatic carbocycles. The molecular weight excluding hydrogens is 697 g/mol. The van der Waals surface area contributed by atoms with Crippen LogP contribution in [-0.2, 0) is 5.41 Å². The molecule has 0 spiro atoms. The van der Waals surface area contributed by atoms with Crippen LogP contribution in [0.5, 0.6) is 0 Å². The molecule has 1 aliphatic carbocycles. The number of nitrogens with zero attached hydrogens (tertiary/aromatic N) is 2. The highest BCUT2D eigenvalue weighted by Crippen LogP contribution is 2.51. The monoisotopic (exact) mass is 734 g/mol. The van der Waals surface area contributed by atoms with E-state index in [1.807, 2.05) is 11.3 Å². The minimum absolute atomic E-state index is 0.0993. The van der Waals surface area contributed by atoms with E-state index in [-0.39, 0.29) is 5.41 Å². The second-order valence-corrected chi connectivity index (χ2v) is 16.4. The zero-order valence-electron chi connectivity index (χ0n) is 31.3. The van der Waals surface area contributed by atoms with Gasteiger partial charge in [0.15, 0.2) is 0 Å². The molecule has 10 aromatic rings. The van der Waals surface area contributed by atoms with E-state index in [2.05, 4.69) is 218 Å². The van der Waals surface area contributed by atoms with Crippen LogP contribution in [0, 0.1) is 0 Å². The quantitative estimate of drug-likeness (QED) is 0.157. The molecule has 1 aromatic heterocycles. The molecule has 0 amide bonds. The molecule has 0 N–H and O–H groups in total. The molecule has 56 heavy (non-hydrogen) atoms. The van der Waals surface area contributed by atoms with Crippen LogP contribution in [-0.4, -0.2) is 0 Å². The average molecular weight is 735 g/mol. The van der Waals surface area contributed by atoms with Gasteiger partial charge in [-0.2, -0.15) is 0 Å². The number of thiophene rings is 1. The van der Waals surface area contributed by atoms with E-state index in [9.17, 15) is 0 Å². The lowest BCUT2D eigenvalue weighted by molar-refractivity contribution is 0.660. The van der Waals surface area contributed by atoms with E-state index in [1.165, 1.54) is 64.0 Å². The fourth-order valence-electron chi connectivity index (χ4n) is 9.10. The Morgan fingerprint density at radius 1 is 0.375 bits per heavy atom. The molecule has 266 valence electrons. The van der Waals surface area contributed by atoms with Crippen molar-refractivity contribution in [2.24, 2.45) is 0 Å². The molecule has 0 saturated heterocycles. The summed E-state index contributed by atoms with van der Waals surface area (Å²) in [6.07, 6.45) is 0. The molecule has 0 bridgehead atoms. The van der Waals surface area contributed by atoms with Crippen LogP contribution in [0.15, 0.2) is 194 Å². The number of rotatable bonds is 6. The van der Waals surface area contributed by atoms with Gasteiger partial charge in [-0.25, -0.2) is 0 Å². The van der Waals surface area contributed by atoms with Gasteiger partial charge in [-0.15, -0.1) is 11.3 Å². The first kappa shape index (κ1) is 32.7. The fourth-order valence-corrected chi connectivity index (χ4v) is 10.4. The maximum Gasteiger partial charge on any atom is 0.0482 e. The maximum atomic E-state index is 2.41. The molecule has 1 heterocycles. The number of fused-ring (bicyclic) bond motifs is 10. The molecule has 0 aliphatic heterocycles. The van der Waals surface area contributed by atoms with Crippen molar-refractivity contribution in [2.75, 3.05) is 9.80 Å². The standard InChI is InChI=1S/C53H38N2S/c1-53(2)48-22-11-9-20-43(48)44-31-29-42(34-49(44)53)55(38-16-7-4-8-17-38)40-19-13-18-39(32-40)54(37-14-5-3-6-15-37)41-28-26-35-24-25-36-27-30-46-45-21-10-12-23-50(45)56-52(46)51(36)47(35)33-41/h3-34H,1-2H3. The van der Waals surface area contributed by atoms with Crippen LogP contribution < -0.4 is 9.80 Å². The van der Waals surface area contributed by atoms with Crippen molar-refractivity contribution in [1.29, 1.82) is 0 Å². The van der Waals surface area contributed by atoms with Crippen LogP contribution in [0.2, 0.25) is 0 Å². The molecule has 0 fully saturated rings. The van der Waals surface area contributed by atoms with Crippen molar-refractivity contribution in [2.45, 2.75) is 19.3 Å². The van der Waals surface area contributed by atoms with E-state index in [4.69, 9.17) is 0 Å². The molecular formula is C53H38N2S. The highest BCUT2D eigenvalue weighted by molar-refractivity contribution is 7.26. The van der Waals surface area contributed by atoms with Gasteiger partial charge in [-0.3, -0.25) is 0 Å². The predicted molar refractivity (Wildman–Crippen MR) is 241 cm³/mol. The Balaban J connectivity index is 1.09. The first-order valence-corrected chi connectivity index (χ1v) is 20.2. The molecule has 0 saturated carbocycles. The molecule has 2 nitrogen and oxygen atoms in total. The van der Waals surface area contributed by atoms with Gasteiger partial charge < -0.3 is 9.80 Å². The Morgan fingerprint density at radius 3 is 1.70 bits per heavy atom. The summed E-state index contributed by atoms with van der Waals surface area (Å²) < 4.78 is 2.67. The van der Waals surface area contributed by atoms with Crippen molar-refractivity contribution in [3.05, 3.63) is 205 Å². The van der Waals surface area contributed by atoms with Gasteiger partial charge >= 0.3 is 0 Å². The Morgan fingerprint density at radius 2 is 0.929 bits per heavy atom. The lowest BCUT2D eigenvalue weighted by Gasteiger charge is -2.30. The van der Waals surface area contributed by atoms with Crippen LogP contribution in [0.3, 0.4) is 0 Å². The Bertz CT molecular complexity index is 3120. The summed E-state index contributed by atoms with van der Waals surface area (Å²) in [4.78, 5) is 4.80. The summed E-state index contributed by atoms with van der Waals surface area (Å²) in [6.45, 7) is 4.70. The van der Waals surface area contributed by atoms with E-state index in [0.717, 1.165) is 34.1 Å². The number of anilines is 6. The van der Waals surface area contributed by atoms with Gasteiger partial charge in [0.2, 0.25) is 0 Å². The van der Waals surface area contributed by atoms with Crippen molar-refractivity contribution < 1.29 is 0 Å². The minimum Gasteiger partial charge on any atom is -0.310 e. The number of hydrogen-bond donors (Lipinski definition) is 0.